The lowest BCUT2D eigenvalue weighted by molar-refractivity contribution is -0.138. The molecular formula is C25H25ClN6O4. The van der Waals surface area contributed by atoms with Gasteiger partial charge in [-0.3, -0.25) is 9.20 Å². The number of methoxy groups -OCH3 is 1. The number of halogens is 1. The molecule has 5 rings (SSSR count). The van der Waals surface area contributed by atoms with E-state index in [1.807, 2.05) is 40.9 Å². The number of pyridine rings is 1. The second-order valence-electron chi connectivity index (χ2n) is 8.44. The molecule has 1 amide bonds. The van der Waals surface area contributed by atoms with Gasteiger partial charge in [0.25, 0.3) is 5.91 Å². The number of nitrogens with one attached hydrogen (secondary N) is 1. The highest BCUT2D eigenvalue weighted by molar-refractivity contribution is 6.32. The smallest absolute Gasteiger partial charge is 0.251 e. The summed E-state index contributed by atoms with van der Waals surface area (Å²) in [6.45, 7) is 2.45. The fourth-order valence-corrected chi connectivity index (χ4v) is 4.35. The van der Waals surface area contributed by atoms with Crippen molar-refractivity contribution in [3.63, 3.8) is 0 Å². The zero-order chi connectivity index (χ0) is 25.2. The number of carbonyl (C=O) groups excluding carboxylic acids is 1. The lowest BCUT2D eigenvalue weighted by atomic mass is 10.2. The second kappa shape index (κ2) is 10.00. The lowest BCUT2D eigenvalue weighted by Crippen LogP contribution is -2.37. The maximum absolute atomic E-state index is 12.0. The van der Waals surface area contributed by atoms with E-state index < -0.39 is 6.10 Å². The highest BCUT2D eigenvalue weighted by atomic mass is 35.5. The first-order valence-electron chi connectivity index (χ1n) is 11.5. The first kappa shape index (κ1) is 23.8. The summed E-state index contributed by atoms with van der Waals surface area (Å²) in [5.41, 5.74) is 2.73. The molecule has 1 aliphatic rings. The van der Waals surface area contributed by atoms with Crippen LogP contribution in [0.5, 0.6) is 11.5 Å². The minimum Gasteiger partial charge on any atom is -0.494 e. The van der Waals surface area contributed by atoms with E-state index in [9.17, 15) is 9.90 Å². The summed E-state index contributed by atoms with van der Waals surface area (Å²) < 4.78 is 13.5. The highest BCUT2D eigenvalue weighted by Crippen LogP contribution is 2.33. The third kappa shape index (κ3) is 4.77. The lowest BCUT2D eigenvalue weighted by Gasteiger charge is -2.19. The number of likely N-dealkylation sites (tertiary alicyclic amines) is 1. The van der Waals surface area contributed by atoms with Crippen molar-refractivity contribution >= 4 is 34.8 Å². The fraction of sp³-hybridized carbons (Fsp3) is 0.280. The van der Waals surface area contributed by atoms with Gasteiger partial charge in [-0.15, -0.1) is 0 Å². The molecule has 186 valence electrons. The number of hydrogen-bond donors (Lipinski definition) is 2. The van der Waals surface area contributed by atoms with E-state index >= 15 is 0 Å². The van der Waals surface area contributed by atoms with Crippen LogP contribution in [0.25, 0.3) is 17.0 Å². The van der Waals surface area contributed by atoms with Crippen molar-refractivity contribution in [2.75, 3.05) is 25.5 Å². The van der Waals surface area contributed by atoms with Crippen LogP contribution in [0.4, 0.5) is 11.6 Å². The molecule has 1 saturated heterocycles. The summed E-state index contributed by atoms with van der Waals surface area (Å²) in [5, 5.41) is 13.1. The van der Waals surface area contributed by atoms with Gasteiger partial charge >= 0.3 is 0 Å². The van der Waals surface area contributed by atoms with Gasteiger partial charge in [0.2, 0.25) is 5.95 Å². The second-order valence-corrected chi connectivity index (χ2v) is 8.85. The zero-order valence-corrected chi connectivity index (χ0v) is 20.5. The van der Waals surface area contributed by atoms with E-state index in [2.05, 4.69) is 20.3 Å². The Kier molecular flexibility index (Phi) is 6.62. The van der Waals surface area contributed by atoms with Crippen LogP contribution < -0.4 is 14.8 Å². The number of fused-ring (bicyclic) bond motifs is 1. The molecular weight excluding hydrogens is 484 g/mol. The molecule has 0 radical (unpaired) electrons. The van der Waals surface area contributed by atoms with Gasteiger partial charge in [-0.05, 0) is 31.2 Å². The summed E-state index contributed by atoms with van der Waals surface area (Å²) in [4.78, 5) is 27.0. The van der Waals surface area contributed by atoms with Crippen LogP contribution in [0.3, 0.4) is 0 Å². The fourth-order valence-electron chi connectivity index (χ4n) is 4.16. The summed E-state index contributed by atoms with van der Waals surface area (Å²) in [5.74, 6) is 1.20. The van der Waals surface area contributed by atoms with E-state index in [0.717, 1.165) is 11.3 Å². The first-order chi connectivity index (χ1) is 17.4. The Bertz CT molecular complexity index is 1410. The van der Waals surface area contributed by atoms with Gasteiger partial charge in [0, 0.05) is 25.2 Å². The minimum atomic E-state index is -1.02. The van der Waals surface area contributed by atoms with Gasteiger partial charge in [-0.25, -0.2) is 15.0 Å². The van der Waals surface area contributed by atoms with Crippen LogP contribution in [0.1, 0.15) is 13.3 Å². The van der Waals surface area contributed by atoms with E-state index in [1.54, 1.807) is 30.5 Å². The van der Waals surface area contributed by atoms with Crippen molar-refractivity contribution in [3.8, 4) is 22.9 Å². The molecule has 2 N–H and O–H groups in total. The van der Waals surface area contributed by atoms with Crippen molar-refractivity contribution in [2.24, 2.45) is 0 Å². The van der Waals surface area contributed by atoms with Crippen LogP contribution in [0, 0.1) is 0 Å². The molecule has 0 aliphatic carbocycles. The number of aliphatic hydroxyl groups is 1. The Morgan fingerprint density at radius 3 is 2.92 bits per heavy atom. The monoisotopic (exact) mass is 508 g/mol. The average Bonchev–Trinajstić information content (AvgIpc) is 3.53. The van der Waals surface area contributed by atoms with Crippen molar-refractivity contribution in [1.29, 1.82) is 0 Å². The summed E-state index contributed by atoms with van der Waals surface area (Å²) in [6, 6.07) is 11.1. The molecule has 2 atom stereocenters. The molecule has 1 aromatic carbocycles. The van der Waals surface area contributed by atoms with E-state index in [4.69, 9.17) is 21.1 Å². The summed E-state index contributed by atoms with van der Waals surface area (Å²) in [7, 11) is 1.56. The van der Waals surface area contributed by atoms with Crippen LogP contribution in [-0.4, -0.2) is 67.7 Å². The number of anilines is 2. The molecule has 10 nitrogen and oxygen atoms in total. The molecule has 4 aromatic rings. The normalized spacial score (nSPS) is 16.2. The number of ether oxygens (including phenoxy) is 2. The maximum atomic E-state index is 12.0. The molecule has 1 aliphatic heterocycles. The van der Waals surface area contributed by atoms with Crippen LogP contribution in [-0.2, 0) is 4.79 Å². The Balaban J connectivity index is 1.33. The van der Waals surface area contributed by atoms with E-state index in [-0.39, 0.29) is 12.0 Å². The largest absolute Gasteiger partial charge is 0.494 e. The van der Waals surface area contributed by atoms with Crippen LogP contribution in [0.2, 0.25) is 5.02 Å². The van der Waals surface area contributed by atoms with Gasteiger partial charge in [-0.2, -0.15) is 0 Å². The number of aromatic nitrogens is 4. The number of nitrogens with zero attached hydrogens (tertiary/aromatic N) is 5. The molecule has 0 spiro atoms. The Morgan fingerprint density at radius 2 is 2.11 bits per heavy atom. The number of benzene rings is 1. The number of carbonyl (C=O) groups is 1. The summed E-state index contributed by atoms with van der Waals surface area (Å²) in [6.07, 6.45) is 4.67. The molecule has 0 unspecified atom stereocenters. The van der Waals surface area contributed by atoms with Gasteiger partial charge in [0.15, 0.2) is 0 Å². The van der Waals surface area contributed by atoms with Gasteiger partial charge in [0.1, 0.15) is 35.0 Å². The van der Waals surface area contributed by atoms with Crippen molar-refractivity contribution in [3.05, 3.63) is 60.0 Å². The van der Waals surface area contributed by atoms with E-state index in [0.29, 0.717) is 53.4 Å². The topological polar surface area (TPSA) is 114 Å². The average molecular weight is 509 g/mol. The zero-order valence-electron chi connectivity index (χ0n) is 19.8. The van der Waals surface area contributed by atoms with Crippen molar-refractivity contribution < 1.29 is 19.4 Å². The molecule has 0 bridgehead atoms. The molecule has 3 aromatic heterocycles. The van der Waals surface area contributed by atoms with Crippen LogP contribution >= 0.6 is 11.6 Å². The first-order valence-corrected chi connectivity index (χ1v) is 11.8. The number of rotatable bonds is 7. The highest BCUT2D eigenvalue weighted by Gasteiger charge is 2.29. The molecule has 0 saturated carbocycles. The Morgan fingerprint density at radius 1 is 1.25 bits per heavy atom. The van der Waals surface area contributed by atoms with Gasteiger partial charge in [0.05, 0.1) is 42.5 Å². The number of hydrogen-bond acceptors (Lipinski definition) is 8. The number of aliphatic hydroxyl groups excluding tert-OH is 1. The van der Waals surface area contributed by atoms with E-state index in [1.165, 1.54) is 6.92 Å². The molecule has 11 heteroatoms. The third-order valence-corrected chi connectivity index (χ3v) is 6.22. The van der Waals surface area contributed by atoms with Gasteiger partial charge in [-0.1, -0.05) is 17.7 Å². The van der Waals surface area contributed by atoms with Crippen molar-refractivity contribution in [2.45, 2.75) is 25.6 Å². The quantitative estimate of drug-likeness (QED) is 0.389. The molecule has 36 heavy (non-hydrogen) atoms. The molecule has 1 fully saturated rings. The Hall–Kier alpha value is -3.89. The predicted octanol–water partition coefficient (Wildman–Crippen LogP) is 3.56. The minimum absolute atomic E-state index is 0.163. The number of amides is 1. The molecule has 4 heterocycles. The van der Waals surface area contributed by atoms with Gasteiger partial charge < -0.3 is 24.8 Å². The Labute approximate surface area is 212 Å². The standard InChI is InChI=1S/C25H25ClN6O4/c1-15(33)24(34)31-10-8-17(14-31)36-16-6-7-19(21(11-16)35-2)29-25-28-12-18(26)23(30-25)20-13-27-22-5-3-4-9-32(20)22/h3-7,9,11-13,15,17,33H,8,10,14H2,1-2H3,(H,28,29,30)/t15-,17-/m0/s1. The van der Waals surface area contributed by atoms with Crippen molar-refractivity contribution in [1.82, 2.24) is 24.3 Å². The van der Waals surface area contributed by atoms with Crippen LogP contribution in [0.15, 0.2) is 55.0 Å². The predicted molar refractivity (Wildman–Crippen MR) is 135 cm³/mol. The summed E-state index contributed by atoms with van der Waals surface area (Å²) >= 11 is 6.42. The maximum Gasteiger partial charge on any atom is 0.251 e. The SMILES string of the molecule is COc1cc(O[C@H]2CCN(C(=O)[C@H](C)O)C2)ccc1Nc1ncc(Cl)c(-c2cnc3ccccn23)n1. The third-order valence-electron chi connectivity index (χ3n) is 5.94. The number of imidazole rings is 1.